The Hall–Kier alpha value is -1.58. The SMILES string of the molecule is C#CCN(CC)S(=O)(=O)c1cc(N)ccc1F. The van der Waals surface area contributed by atoms with Crippen molar-refractivity contribution in [2.75, 3.05) is 18.8 Å². The number of nitrogen functional groups attached to an aromatic ring is 1. The summed E-state index contributed by atoms with van der Waals surface area (Å²) >= 11 is 0. The van der Waals surface area contributed by atoms with E-state index >= 15 is 0 Å². The van der Waals surface area contributed by atoms with E-state index in [1.165, 1.54) is 6.07 Å². The molecule has 0 aliphatic carbocycles. The predicted octanol–water partition coefficient (Wildman–Crippen LogP) is 1.05. The highest BCUT2D eigenvalue weighted by molar-refractivity contribution is 7.89. The Morgan fingerprint density at radius 2 is 2.18 bits per heavy atom. The minimum absolute atomic E-state index is 0.104. The maximum Gasteiger partial charge on any atom is 0.246 e. The predicted molar refractivity (Wildman–Crippen MR) is 64.1 cm³/mol. The maximum absolute atomic E-state index is 13.5. The van der Waals surface area contributed by atoms with Crippen LogP contribution in [-0.2, 0) is 10.0 Å². The van der Waals surface area contributed by atoms with Crippen LogP contribution in [0, 0.1) is 18.2 Å². The first-order valence-electron chi connectivity index (χ1n) is 4.92. The van der Waals surface area contributed by atoms with Crippen molar-refractivity contribution in [3.63, 3.8) is 0 Å². The van der Waals surface area contributed by atoms with Gasteiger partial charge in [-0.05, 0) is 18.2 Å². The minimum atomic E-state index is -3.93. The zero-order chi connectivity index (χ0) is 13.1. The number of nitrogens with two attached hydrogens (primary N) is 1. The number of hydrogen-bond acceptors (Lipinski definition) is 3. The number of benzene rings is 1. The molecule has 0 amide bonds. The second kappa shape index (κ2) is 5.17. The number of rotatable bonds is 4. The van der Waals surface area contributed by atoms with E-state index in [-0.39, 0.29) is 18.8 Å². The molecule has 0 aliphatic heterocycles. The Bertz CT molecular complexity index is 549. The Morgan fingerprint density at radius 3 is 2.71 bits per heavy atom. The second-order valence-electron chi connectivity index (χ2n) is 3.33. The van der Waals surface area contributed by atoms with Crippen molar-refractivity contribution in [3.05, 3.63) is 24.0 Å². The molecule has 1 aromatic rings. The van der Waals surface area contributed by atoms with E-state index in [2.05, 4.69) is 5.92 Å². The van der Waals surface area contributed by atoms with E-state index in [9.17, 15) is 12.8 Å². The molecule has 1 aromatic carbocycles. The molecular weight excluding hydrogens is 243 g/mol. The van der Waals surface area contributed by atoms with Crippen LogP contribution in [0.3, 0.4) is 0 Å². The van der Waals surface area contributed by atoms with Gasteiger partial charge in [-0.3, -0.25) is 0 Å². The first-order chi connectivity index (χ1) is 7.93. The topological polar surface area (TPSA) is 63.4 Å². The van der Waals surface area contributed by atoms with Crippen LogP contribution in [0.4, 0.5) is 10.1 Å². The summed E-state index contributed by atoms with van der Waals surface area (Å²) in [5, 5.41) is 0. The van der Waals surface area contributed by atoms with Crippen LogP contribution in [0.5, 0.6) is 0 Å². The zero-order valence-electron chi connectivity index (χ0n) is 9.35. The van der Waals surface area contributed by atoms with Crippen molar-refractivity contribution in [1.29, 1.82) is 0 Å². The summed E-state index contributed by atoms with van der Waals surface area (Å²) in [4.78, 5) is -0.449. The summed E-state index contributed by atoms with van der Waals surface area (Å²) in [6, 6.07) is 3.40. The fourth-order valence-corrected chi connectivity index (χ4v) is 2.79. The zero-order valence-corrected chi connectivity index (χ0v) is 10.2. The fraction of sp³-hybridized carbons (Fsp3) is 0.273. The van der Waals surface area contributed by atoms with Gasteiger partial charge in [-0.2, -0.15) is 4.31 Å². The summed E-state index contributed by atoms with van der Waals surface area (Å²) in [7, 11) is -3.93. The monoisotopic (exact) mass is 256 g/mol. The first-order valence-corrected chi connectivity index (χ1v) is 6.36. The van der Waals surface area contributed by atoms with Crippen molar-refractivity contribution in [2.45, 2.75) is 11.8 Å². The van der Waals surface area contributed by atoms with E-state index in [0.29, 0.717) is 0 Å². The lowest BCUT2D eigenvalue weighted by molar-refractivity contribution is 0.457. The van der Waals surface area contributed by atoms with Crippen LogP contribution in [0.2, 0.25) is 0 Å². The van der Waals surface area contributed by atoms with Crippen molar-refractivity contribution in [1.82, 2.24) is 4.31 Å². The lowest BCUT2D eigenvalue weighted by atomic mass is 10.3. The van der Waals surface area contributed by atoms with Gasteiger partial charge in [-0.15, -0.1) is 6.42 Å². The third-order valence-corrected chi connectivity index (χ3v) is 4.13. The number of halogens is 1. The van der Waals surface area contributed by atoms with Gasteiger partial charge in [0.2, 0.25) is 10.0 Å². The van der Waals surface area contributed by atoms with E-state index in [4.69, 9.17) is 12.2 Å². The molecule has 0 heterocycles. The third-order valence-electron chi connectivity index (χ3n) is 2.19. The average molecular weight is 256 g/mol. The summed E-state index contributed by atoms with van der Waals surface area (Å²) in [6.45, 7) is 1.69. The number of sulfonamides is 1. The second-order valence-corrected chi connectivity index (χ2v) is 5.23. The number of anilines is 1. The average Bonchev–Trinajstić information content (AvgIpc) is 2.28. The van der Waals surface area contributed by atoms with Gasteiger partial charge in [0.1, 0.15) is 10.7 Å². The van der Waals surface area contributed by atoms with Crippen LogP contribution >= 0.6 is 0 Å². The van der Waals surface area contributed by atoms with Gasteiger partial charge >= 0.3 is 0 Å². The van der Waals surface area contributed by atoms with Crippen LogP contribution in [0.25, 0.3) is 0 Å². The molecule has 0 aromatic heterocycles. The number of hydrogen-bond donors (Lipinski definition) is 1. The summed E-state index contributed by atoms with van der Waals surface area (Å²) < 4.78 is 38.6. The maximum atomic E-state index is 13.5. The quantitative estimate of drug-likeness (QED) is 0.647. The Balaban J connectivity index is 3.30. The molecule has 0 atom stereocenters. The molecule has 6 heteroatoms. The standard InChI is InChI=1S/C11H13FN2O2S/c1-3-7-14(4-2)17(15,16)11-8-9(13)5-6-10(11)12/h1,5-6,8H,4,7,13H2,2H3. The van der Waals surface area contributed by atoms with Crippen LogP contribution in [0.1, 0.15) is 6.92 Å². The van der Waals surface area contributed by atoms with Gasteiger partial charge in [0.25, 0.3) is 0 Å². The van der Waals surface area contributed by atoms with Gasteiger partial charge < -0.3 is 5.73 Å². The summed E-state index contributed by atoms with van der Waals surface area (Å²) in [5.74, 6) is 1.38. The molecule has 0 aliphatic rings. The van der Waals surface area contributed by atoms with Crippen LogP contribution in [0.15, 0.2) is 23.1 Å². The lowest BCUT2D eigenvalue weighted by Gasteiger charge is -2.18. The molecule has 92 valence electrons. The van der Waals surface area contributed by atoms with E-state index < -0.39 is 20.7 Å². The summed E-state index contributed by atoms with van der Waals surface area (Å²) in [5.41, 5.74) is 5.63. The Labute approximate surface area is 100 Å². The largest absolute Gasteiger partial charge is 0.399 e. The molecule has 0 fully saturated rings. The lowest BCUT2D eigenvalue weighted by Crippen LogP contribution is -2.31. The van der Waals surface area contributed by atoms with E-state index in [1.807, 2.05) is 0 Å². The van der Waals surface area contributed by atoms with Crippen LogP contribution < -0.4 is 5.73 Å². The van der Waals surface area contributed by atoms with Crippen molar-refractivity contribution < 1.29 is 12.8 Å². The van der Waals surface area contributed by atoms with Gasteiger partial charge in [-0.1, -0.05) is 12.8 Å². The first kappa shape index (κ1) is 13.5. The van der Waals surface area contributed by atoms with Gasteiger partial charge in [0.15, 0.2) is 0 Å². The number of terminal acetylenes is 1. The van der Waals surface area contributed by atoms with Gasteiger partial charge in [0, 0.05) is 12.2 Å². The minimum Gasteiger partial charge on any atom is -0.399 e. The van der Waals surface area contributed by atoms with Crippen molar-refractivity contribution in [2.24, 2.45) is 0 Å². The molecule has 1 rings (SSSR count). The molecule has 17 heavy (non-hydrogen) atoms. The molecule has 0 bridgehead atoms. The van der Waals surface area contributed by atoms with Crippen molar-refractivity contribution in [3.8, 4) is 12.3 Å². The fourth-order valence-electron chi connectivity index (χ4n) is 1.33. The smallest absolute Gasteiger partial charge is 0.246 e. The molecule has 0 saturated heterocycles. The van der Waals surface area contributed by atoms with E-state index in [0.717, 1.165) is 16.4 Å². The molecule has 4 nitrogen and oxygen atoms in total. The van der Waals surface area contributed by atoms with Gasteiger partial charge in [0.05, 0.1) is 6.54 Å². The van der Waals surface area contributed by atoms with Gasteiger partial charge in [-0.25, -0.2) is 12.8 Å². The molecule has 2 N–H and O–H groups in total. The number of nitrogens with zero attached hydrogens (tertiary/aromatic N) is 1. The molecule has 0 radical (unpaired) electrons. The highest BCUT2D eigenvalue weighted by Crippen LogP contribution is 2.21. The van der Waals surface area contributed by atoms with Crippen molar-refractivity contribution >= 4 is 15.7 Å². The highest BCUT2D eigenvalue weighted by atomic mass is 32.2. The Morgan fingerprint density at radius 1 is 1.53 bits per heavy atom. The molecule has 0 spiro atoms. The third kappa shape index (κ3) is 2.75. The molecule has 0 saturated carbocycles. The normalized spacial score (nSPS) is 11.4. The highest BCUT2D eigenvalue weighted by Gasteiger charge is 2.25. The molecular formula is C11H13FN2O2S. The van der Waals surface area contributed by atoms with E-state index in [1.54, 1.807) is 6.92 Å². The van der Waals surface area contributed by atoms with Crippen LogP contribution in [-0.4, -0.2) is 25.8 Å². The summed E-state index contributed by atoms with van der Waals surface area (Å²) in [6.07, 6.45) is 5.07. The Kier molecular flexibility index (Phi) is 4.10. The molecule has 0 unspecified atom stereocenters.